The SMILES string of the molecule is COc1cc(/C=C/C2=NC(=O)C3(c4ccc(F)cc4)COCCN23)ccc1-n1cnc(C)c1. The molecule has 8 heteroatoms. The number of methoxy groups -OCH3 is 1. The number of aliphatic imine (C=N–C) groups is 1. The molecule has 168 valence electrons. The quantitative estimate of drug-likeness (QED) is 0.600. The highest BCUT2D eigenvalue weighted by Gasteiger charge is 2.53. The zero-order valence-corrected chi connectivity index (χ0v) is 18.4. The van der Waals surface area contributed by atoms with Crippen LogP contribution in [0, 0.1) is 12.7 Å². The summed E-state index contributed by atoms with van der Waals surface area (Å²) in [5, 5.41) is 0. The monoisotopic (exact) mass is 446 g/mol. The van der Waals surface area contributed by atoms with Gasteiger partial charge in [-0.1, -0.05) is 24.3 Å². The zero-order valence-electron chi connectivity index (χ0n) is 18.4. The molecule has 0 radical (unpaired) electrons. The predicted octanol–water partition coefficient (Wildman–Crippen LogP) is 3.51. The largest absolute Gasteiger partial charge is 0.495 e. The van der Waals surface area contributed by atoms with Gasteiger partial charge in [-0.2, -0.15) is 4.99 Å². The lowest BCUT2D eigenvalue weighted by atomic mass is 9.87. The molecule has 1 aromatic heterocycles. The van der Waals surface area contributed by atoms with Gasteiger partial charge < -0.3 is 18.9 Å². The van der Waals surface area contributed by atoms with E-state index in [9.17, 15) is 9.18 Å². The molecule has 1 fully saturated rings. The molecule has 0 bridgehead atoms. The van der Waals surface area contributed by atoms with Gasteiger partial charge in [0.1, 0.15) is 17.4 Å². The van der Waals surface area contributed by atoms with Crippen LogP contribution in [-0.4, -0.2) is 53.1 Å². The van der Waals surface area contributed by atoms with Crippen molar-refractivity contribution in [2.45, 2.75) is 12.5 Å². The summed E-state index contributed by atoms with van der Waals surface area (Å²) in [7, 11) is 1.63. The Bertz CT molecular complexity index is 1260. The standard InChI is InChI=1S/C25H23FN4O3/c1-17-14-29(16-27-17)21-9-3-18(13-22(21)32-2)4-10-23-28-24(31)25(15-33-12-11-30(23)25)19-5-7-20(26)8-6-19/h3-10,13-14,16H,11-12,15H2,1-2H3/b10-4+. The number of amidine groups is 1. The number of halogens is 1. The van der Waals surface area contributed by atoms with Gasteiger partial charge >= 0.3 is 0 Å². The van der Waals surface area contributed by atoms with Crippen LogP contribution in [0.3, 0.4) is 0 Å². The smallest absolute Gasteiger partial charge is 0.280 e. The average molecular weight is 446 g/mol. The summed E-state index contributed by atoms with van der Waals surface area (Å²) < 4.78 is 26.6. The Kier molecular flexibility index (Phi) is 5.30. The molecule has 7 nitrogen and oxygen atoms in total. The summed E-state index contributed by atoms with van der Waals surface area (Å²) in [6.45, 7) is 3.09. The second-order valence-corrected chi connectivity index (χ2v) is 8.03. The van der Waals surface area contributed by atoms with Crippen molar-refractivity contribution in [3.05, 3.63) is 83.7 Å². The topological polar surface area (TPSA) is 69.0 Å². The van der Waals surface area contributed by atoms with E-state index in [1.165, 1.54) is 12.1 Å². The predicted molar refractivity (Wildman–Crippen MR) is 122 cm³/mol. The lowest BCUT2D eigenvalue weighted by molar-refractivity contribution is -0.134. The molecule has 1 unspecified atom stereocenters. The Morgan fingerprint density at radius 2 is 2.00 bits per heavy atom. The minimum Gasteiger partial charge on any atom is -0.495 e. The third-order valence-electron chi connectivity index (χ3n) is 6.02. The van der Waals surface area contributed by atoms with E-state index in [1.54, 1.807) is 25.6 Å². The summed E-state index contributed by atoms with van der Waals surface area (Å²) in [5.41, 5.74) is 2.30. The Balaban J connectivity index is 1.44. The first-order chi connectivity index (χ1) is 16.0. The van der Waals surface area contributed by atoms with Crippen molar-refractivity contribution in [3.8, 4) is 11.4 Å². The highest BCUT2D eigenvalue weighted by Crippen LogP contribution is 2.38. The molecule has 0 saturated carbocycles. The van der Waals surface area contributed by atoms with Crippen LogP contribution < -0.4 is 4.74 Å². The maximum absolute atomic E-state index is 13.5. The van der Waals surface area contributed by atoms with E-state index in [0.29, 0.717) is 30.3 Å². The average Bonchev–Trinajstić information content (AvgIpc) is 3.39. The molecule has 1 amide bonds. The second-order valence-electron chi connectivity index (χ2n) is 8.03. The molecule has 2 aliphatic heterocycles. The molecule has 3 heterocycles. The number of carbonyl (C=O) groups excluding carboxylic acids is 1. The van der Waals surface area contributed by atoms with Crippen molar-refractivity contribution in [1.29, 1.82) is 0 Å². The Morgan fingerprint density at radius 3 is 2.73 bits per heavy atom. The first-order valence-corrected chi connectivity index (χ1v) is 10.6. The number of benzene rings is 2. The fraction of sp³-hybridized carbons (Fsp3) is 0.240. The van der Waals surface area contributed by atoms with Gasteiger partial charge in [-0.05, 0) is 48.4 Å². The summed E-state index contributed by atoms with van der Waals surface area (Å²) in [5.74, 6) is 0.594. The normalized spacial score (nSPS) is 20.3. The molecular formula is C25H23FN4O3. The first-order valence-electron chi connectivity index (χ1n) is 10.6. The summed E-state index contributed by atoms with van der Waals surface area (Å²) in [4.78, 5) is 23.6. The van der Waals surface area contributed by atoms with Crippen molar-refractivity contribution in [3.63, 3.8) is 0 Å². The van der Waals surface area contributed by atoms with Crippen LogP contribution >= 0.6 is 0 Å². The fourth-order valence-electron chi connectivity index (χ4n) is 4.34. The van der Waals surface area contributed by atoms with E-state index in [4.69, 9.17) is 9.47 Å². The Labute approximate surface area is 190 Å². The molecule has 2 aromatic carbocycles. The minimum absolute atomic E-state index is 0.172. The number of amides is 1. The van der Waals surface area contributed by atoms with Crippen LogP contribution in [-0.2, 0) is 15.1 Å². The van der Waals surface area contributed by atoms with Crippen molar-refractivity contribution >= 4 is 17.8 Å². The molecule has 1 saturated heterocycles. The van der Waals surface area contributed by atoms with Gasteiger partial charge in [0.2, 0.25) is 0 Å². The zero-order chi connectivity index (χ0) is 23.0. The van der Waals surface area contributed by atoms with Gasteiger partial charge in [-0.3, -0.25) is 4.79 Å². The van der Waals surface area contributed by atoms with E-state index in [2.05, 4.69) is 9.98 Å². The van der Waals surface area contributed by atoms with Gasteiger partial charge in [0.05, 0.1) is 38.0 Å². The third-order valence-corrected chi connectivity index (χ3v) is 6.02. The summed E-state index contributed by atoms with van der Waals surface area (Å²) in [6.07, 6.45) is 7.40. The maximum Gasteiger partial charge on any atom is 0.280 e. The Morgan fingerprint density at radius 1 is 1.18 bits per heavy atom. The van der Waals surface area contributed by atoms with Gasteiger partial charge in [-0.25, -0.2) is 9.37 Å². The van der Waals surface area contributed by atoms with E-state index in [0.717, 1.165) is 16.9 Å². The van der Waals surface area contributed by atoms with Crippen molar-refractivity contribution in [2.75, 3.05) is 26.9 Å². The van der Waals surface area contributed by atoms with E-state index in [1.807, 2.05) is 52.9 Å². The van der Waals surface area contributed by atoms with Crippen LogP contribution in [0.4, 0.5) is 4.39 Å². The lowest BCUT2D eigenvalue weighted by Gasteiger charge is -2.41. The van der Waals surface area contributed by atoms with Crippen LogP contribution in [0.25, 0.3) is 11.8 Å². The van der Waals surface area contributed by atoms with Crippen LogP contribution in [0.5, 0.6) is 5.75 Å². The minimum atomic E-state index is -1.06. The number of carbonyl (C=O) groups is 1. The van der Waals surface area contributed by atoms with E-state index in [-0.39, 0.29) is 18.3 Å². The van der Waals surface area contributed by atoms with Crippen LogP contribution in [0.1, 0.15) is 16.8 Å². The maximum atomic E-state index is 13.5. The Hall–Kier alpha value is -3.78. The number of morpholine rings is 1. The van der Waals surface area contributed by atoms with E-state index < -0.39 is 5.54 Å². The summed E-state index contributed by atoms with van der Waals surface area (Å²) in [6, 6.07) is 11.8. The van der Waals surface area contributed by atoms with Crippen molar-refractivity contribution in [1.82, 2.24) is 14.5 Å². The number of aromatic nitrogens is 2. The van der Waals surface area contributed by atoms with Crippen LogP contribution in [0.2, 0.25) is 0 Å². The number of hydrogen-bond donors (Lipinski definition) is 0. The van der Waals surface area contributed by atoms with Gasteiger partial charge in [0.25, 0.3) is 5.91 Å². The number of ether oxygens (including phenoxy) is 2. The molecule has 1 atom stereocenters. The summed E-state index contributed by atoms with van der Waals surface area (Å²) >= 11 is 0. The van der Waals surface area contributed by atoms with Gasteiger partial charge in [0.15, 0.2) is 5.54 Å². The number of fused-ring (bicyclic) bond motifs is 1. The highest BCUT2D eigenvalue weighted by atomic mass is 19.1. The molecule has 2 aliphatic rings. The number of nitrogens with zero attached hydrogens (tertiary/aromatic N) is 4. The molecule has 33 heavy (non-hydrogen) atoms. The lowest BCUT2D eigenvalue weighted by Crippen LogP contribution is -2.56. The number of rotatable bonds is 5. The van der Waals surface area contributed by atoms with E-state index >= 15 is 0 Å². The third kappa shape index (κ3) is 3.62. The molecule has 0 aliphatic carbocycles. The number of hydrogen-bond acceptors (Lipinski definition) is 5. The fourth-order valence-corrected chi connectivity index (χ4v) is 4.34. The van der Waals surface area contributed by atoms with Gasteiger partial charge in [-0.15, -0.1) is 0 Å². The molecule has 0 N–H and O–H groups in total. The number of imidazole rings is 1. The molecule has 0 spiro atoms. The number of aryl methyl sites for hydroxylation is 1. The highest BCUT2D eigenvalue weighted by molar-refractivity contribution is 6.12. The van der Waals surface area contributed by atoms with Crippen molar-refractivity contribution < 1.29 is 18.7 Å². The second kappa shape index (κ2) is 8.29. The first kappa shape index (κ1) is 21.1. The molecule has 5 rings (SSSR count). The molecular weight excluding hydrogens is 423 g/mol. The van der Waals surface area contributed by atoms with Gasteiger partial charge in [0, 0.05) is 12.7 Å². The van der Waals surface area contributed by atoms with Crippen LogP contribution in [0.15, 0.2) is 66.1 Å². The van der Waals surface area contributed by atoms with Crippen molar-refractivity contribution in [2.24, 2.45) is 4.99 Å². The molecule has 3 aromatic rings.